The molecular formula is C18H29N3O3. The lowest BCUT2D eigenvalue weighted by Gasteiger charge is -2.34. The molecule has 1 aliphatic heterocycles. The Balaban J connectivity index is 1.53. The molecule has 0 radical (unpaired) electrons. The van der Waals surface area contributed by atoms with Gasteiger partial charge >= 0.3 is 6.03 Å². The normalized spacial score (nSPS) is 26.7. The molecule has 1 aliphatic carbocycles. The van der Waals surface area contributed by atoms with Gasteiger partial charge in [-0.05, 0) is 50.9 Å². The van der Waals surface area contributed by atoms with E-state index in [0.717, 1.165) is 44.5 Å². The van der Waals surface area contributed by atoms with E-state index in [1.54, 1.807) is 6.26 Å². The van der Waals surface area contributed by atoms with Crippen LogP contribution >= 0.6 is 0 Å². The maximum atomic E-state index is 12.2. The van der Waals surface area contributed by atoms with Gasteiger partial charge in [-0.3, -0.25) is 4.90 Å². The SMILES string of the molecule is O=C(NCC(c1ccco1)N1CCCCC1)NC1CCCCC1O. The molecule has 2 heterocycles. The smallest absolute Gasteiger partial charge is 0.315 e. The number of amides is 2. The molecule has 134 valence electrons. The van der Waals surface area contributed by atoms with Crippen LogP contribution in [0.25, 0.3) is 0 Å². The molecule has 24 heavy (non-hydrogen) atoms. The first-order valence-electron chi connectivity index (χ1n) is 9.24. The first-order valence-corrected chi connectivity index (χ1v) is 9.24. The molecule has 2 aliphatic rings. The summed E-state index contributed by atoms with van der Waals surface area (Å²) >= 11 is 0. The van der Waals surface area contributed by atoms with Gasteiger partial charge in [0, 0.05) is 6.54 Å². The number of hydrogen-bond acceptors (Lipinski definition) is 4. The Morgan fingerprint density at radius 1 is 1.25 bits per heavy atom. The molecule has 2 amide bonds. The lowest BCUT2D eigenvalue weighted by Crippen LogP contribution is -2.50. The highest BCUT2D eigenvalue weighted by atomic mass is 16.3. The molecule has 0 aromatic carbocycles. The van der Waals surface area contributed by atoms with Gasteiger partial charge in [-0.25, -0.2) is 4.79 Å². The number of furan rings is 1. The largest absolute Gasteiger partial charge is 0.468 e. The first-order chi connectivity index (χ1) is 11.7. The highest BCUT2D eigenvalue weighted by Crippen LogP contribution is 2.24. The van der Waals surface area contributed by atoms with Crippen LogP contribution in [0.5, 0.6) is 0 Å². The summed E-state index contributed by atoms with van der Waals surface area (Å²) in [4.78, 5) is 14.6. The molecule has 3 N–H and O–H groups in total. The van der Waals surface area contributed by atoms with Gasteiger partial charge in [-0.2, -0.15) is 0 Å². The fraction of sp³-hybridized carbons (Fsp3) is 0.722. The molecule has 0 spiro atoms. The lowest BCUT2D eigenvalue weighted by molar-refractivity contribution is 0.0935. The fourth-order valence-corrected chi connectivity index (χ4v) is 3.81. The Hall–Kier alpha value is -1.53. The van der Waals surface area contributed by atoms with Gasteiger partial charge in [-0.15, -0.1) is 0 Å². The lowest BCUT2D eigenvalue weighted by atomic mass is 9.93. The van der Waals surface area contributed by atoms with Crippen LogP contribution in [0.4, 0.5) is 4.79 Å². The highest BCUT2D eigenvalue weighted by molar-refractivity contribution is 5.74. The minimum atomic E-state index is -0.424. The Morgan fingerprint density at radius 3 is 2.75 bits per heavy atom. The van der Waals surface area contributed by atoms with Crippen LogP contribution in [0, 0.1) is 0 Å². The van der Waals surface area contributed by atoms with E-state index in [2.05, 4.69) is 15.5 Å². The number of nitrogens with zero attached hydrogens (tertiary/aromatic N) is 1. The monoisotopic (exact) mass is 335 g/mol. The van der Waals surface area contributed by atoms with Crippen molar-refractivity contribution in [2.24, 2.45) is 0 Å². The maximum absolute atomic E-state index is 12.2. The van der Waals surface area contributed by atoms with E-state index in [9.17, 15) is 9.90 Å². The van der Waals surface area contributed by atoms with Crippen LogP contribution in [0.15, 0.2) is 22.8 Å². The number of nitrogens with one attached hydrogen (secondary N) is 2. The number of aliphatic hydroxyl groups is 1. The molecule has 0 bridgehead atoms. The second-order valence-corrected chi connectivity index (χ2v) is 6.94. The summed E-state index contributed by atoms with van der Waals surface area (Å²) in [5.74, 6) is 0.898. The van der Waals surface area contributed by atoms with Crippen molar-refractivity contribution in [3.05, 3.63) is 24.2 Å². The third-order valence-electron chi connectivity index (χ3n) is 5.20. The number of rotatable bonds is 5. The summed E-state index contributed by atoms with van der Waals surface area (Å²) in [5.41, 5.74) is 0. The summed E-state index contributed by atoms with van der Waals surface area (Å²) in [6.07, 6.45) is 8.64. The van der Waals surface area contributed by atoms with Gasteiger partial charge < -0.3 is 20.2 Å². The number of aliphatic hydroxyl groups excluding tert-OH is 1. The average molecular weight is 335 g/mol. The van der Waals surface area contributed by atoms with E-state index in [-0.39, 0.29) is 18.1 Å². The van der Waals surface area contributed by atoms with Gasteiger partial charge in [0.1, 0.15) is 5.76 Å². The third-order valence-corrected chi connectivity index (χ3v) is 5.20. The van der Waals surface area contributed by atoms with E-state index in [4.69, 9.17) is 4.42 Å². The Morgan fingerprint density at radius 2 is 2.04 bits per heavy atom. The van der Waals surface area contributed by atoms with Crippen LogP contribution in [-0.4, -0.2) is 47.8 Å². The zero-order valence-corrected chi connectivity index (χ0v) is 14.2. The summed E-state index contributed by atoms with van der Waals surface area (Å²) < 4.78 is 5.59. The summed E-state index contributed by atoms with van der Waals surface area (Å²) in [7, 11) is 0. The minimum absolute atomic E-state index is 0.0716. The minimum Gasteiger partial charge on any atom is -0.468 e. The molecule has 1 aromatic heterocycles. The average Bonchev–Trinajstić information content (AvgIpc) is 3.12. The van der Waals surface area contributed by atoms with Gasteiger partial charge in [-0.1, -0.05) is 19.3 Å². The van der Waals surface area contributed by atoms with Crippen molar-refractivity contribution in [1.82, 2.24) is 15.5 Å². The summed E-state index contributed by atoms with van der Waals surface area (Å²) in [6.45, 7) is 2.59. The van der Waals surface area contributed by atoms with Crippen molar-refractivity contribution >= 4 is 6.03 Å². The molecule has 3 atom stereocenters. The number of carbonyl (C=O) groups is 1. The quantitative estimate of drug-likeness (QED) is 0.772. The van der Waals surface area contributed by atoms with E-state index >= 15 is 0 Å². The zero-order chi connectivity index (χ0) is 16.8. The number of carbonyl (C=O) groups excluding carboxylic acids is 1. The second-order valence-electron chi connectivity index (χ2n) is 6.94. The van der Waals surface area contributed by atoms with Crippen molar-refractivity contribution in [1.29, 1.82) is 0 Å². The molecule has 3 unspecified atom stereocenters. The van der Waals surface area contributed by atoms with Gasteiger partial charge in [0.2, 0.25) is 0 Å². The van der Waals surface area contributed by atoms with E-state index < -0.39 is 6.10 Å². The number of piperidine rings is 1. The van der Waals surface area contributed by atoms with Crippen LogP contribution < -0.4 is 10.6 Å². The maximum Gasteiger partial charge on any atom is 0.315 e. The Bertz CT molecular complexity index is 500. The van der Waals surface area contributed by atoms with Crippen LogP contribution in [-0.2, 0) is 0 Å². The topological polar surface area (TPSA) is 77.7 Å². The van der Waals surface area contributed by atoms with E-state index in [1.807, 2.05) is 12.1 Å². The van der Waals surface area contributed by atoms with Crippen molar-refractivity contribution in [3.63, 3.8) is 0 Å². The highest BCUT2D eigenvalue weighted by Gasteiger charge is 2.27. The molecule has 3 rings (SSSR count). The Kier molecular flexibility index (Phi) is 6.15. The molecule has 1 saturated carbocycles. The molecule has 6 nitrogen and oxygen atoms in total. The van der Waals surface area contributed by atoms with Crippen molar-refractivity contribution in [2.75, 3.05) is 19.6 Å². The zero-order valence-electron chi connectivity index (χ0n) is 14.2. The Labute approximate surface area is 143 Å². The molecular weight excluding hydrogens is 306 g/mol. The molecule has 1 saturated heterocycles. The second kappa shape index (κ2) is 8.53. The van der Waals surface area contributed by atoms with Gasteiger partial charge in [0.15, 0.2) is 0 Å². The van der Waals surface area contributed by atoms with Crippen molar-refractivity contribution < 1.29 is 14.3 Å². The fourth-order valence-electron chi connectivity index (χ4n) is 3.81. The molecule has 6 heteroatoms. The summed E-state index contributed by atoms with van der Waals surface area (Å²) in [5, 5.41) is 15.9. The number of hydrogen-bond donors (Lipinski definition) is 3. The van der Waals surface area contributed by atoms with Crippen molar-refractivity contribution in [3.8, 4) is 0 Å². The standard InChI is InChI=1S/C18H29N3O3/c22-16-8-3-2-7-14(16)20-18(23)19-13-15(17-9-6-12-24-17)21-10-4-1-5-11-21/h6,9,12,14-16,22H,1-5,7-8,10-11,13H2,(H2,19,20,23). The van der Waals surface area contributed by atoms with E-state index in [1.165, 1.54) is 19.3 Å². The predicted octanol–water partition coefficient (Wildman–Crippen LogP) is 2.41. The van der Waals surface area contributed by atoms with Crippen LogP contribution in [0.2, 0.25) is 0 Å². The number of urea groups is 1. The third kappa shape index (κ3) is 4.51. The molecule has 2 fully saturated rings. The van der Waals surface area contributed by atoms with Crippen molar-refractivity contribution in [2.45, 2.75) is 63.1 Å². The van der Waals surface area contributed by atoms with E-state index in [0.29, 0.717) is 6.54 Å². The van der Waals surface area contributed by atoms with Crippen LogP contribution in [0.3, 0.4) is 0 Å². The van der Waals surface area contributed by atoms with Crippen LogP contribution in [0.1, 0.15) is 56.7 Å². The number of likely N-dealkylation sites (tertiary alicyclic amines) is 1. The molecule has 1 aromatic rings. The van der Waals surface area contributed by atoms with Gasteiger partial charge in [0.25, 0.3) is 0 Å². The first kappa shape index (κ1) is 17.3. The van der Waals surface area contributed by atoms with Gasteiger partial charge in [0.05, 0.1) is 24.5 Å². The summed E-state index contributed by atoms with van der Waals surface area (Å²) in [6, 6.07) is 3.61. The predicted molar refractivity (Wildman–Crippen MR) is 91.7 cm³/mol.